The average molecular weight is 310 g/mol. The molecule has 0 fully saturated rings. The number of H-pyrrole nitrogens is 1. The Morgan fingerprint density at radius 3 is 2.94 bits per heavy atom. The first kappa shape index (κ1) is 13.1. The number of rotatable bonds is 4. The third-order valence-corrected chi connectivity index (χ3v) is 4.00. The van der Waals surface area contributed by atoms with Crippen molar-refractivity contribution in [3.05, 3.63) is 33.9 Å². The second kappa shape index (κ2) is 5.57. The number of fused-ring (bicyclic) bond motifs is 1. The van der Waals surface area contributed by atoms with E-state index in [1.807, 2.05) is 13.1 Å². The summed E-state index contributed by atoms with van der Waals surface area (Å²) in [6.07, 6.45) is 3.09. The Morgan fingerprint density at radius 2 is 2.22 bits per heavy atom. The number of benzene rings is 1. The molecule has 18 heavy (non-hydrogen) atoms. The van der Waals surface area contributed by atoms with E-state index in [2.05, 4.69) is 40.0 Å². The molecule has 0 spiro atoms. The van der Waals surface area contributed by atoms with Crippen molar-refractivity contribution in [3.8, 4) is 0 Å². The molecule has 0 saturated carbocycles. The average Bonchev–Trinajstić information content (AvgIpc) is 2.75. The SMILES string of the molecule is CCOC(=O)CCc1c[nH]c2c(Br)c(C)ccc12. The van der Waals surface area contributed by atoms with Crippen LogP contribution in [-0.2, 0) is 16.0 Å². The number of carbonyl (C=O) groups is 1. The summed E-state index contributed by atoms with van der Waals surface area (Å²) < 4.78 is 6.02. The van der Waals surface area contributed by atoms with Crippen LogP contribution in [0.2, 0.25) is 0 Å². The molecule has 0 saturated heterocycles. The van der Waals surface area contributed by atoms with Gasteiger partial charge in [-0.2, -0.15) is 0 Å². The van der Waals surface area contributed by atoms with Crippen molar-refractivity contribution < 1.29 is 9.53 Å². The maximum Gasteiger partial charge on any atom is 0.306 e. The van der Waals surface area contributed by atoms with Crippen molar-refractivity contribution >= 4 is 32.8 Å². The van der Waals surface area contributed by atoms with Gasteiger partial charge in [0.1, 0.15) is 0 Å². The minimum absolute atomic E-state index is 0.141. The first-order valence-electron chi connectivity index (χ1n) is 6.04. The molecule has 0 aliphatic rings. The Kier molecular flexibility index (Phi) is 4.07. The molecule has 4 heteroatoms. The Hall–Kier alpha value is -1.29. The van der Waals surface area contributed by atoms with E-state index in [1.165, 1.54) is 5.56 Å². The van der Waals surface area contributed by atoms with Crippen LogP contribution in [0.3, 0.4) is 0 Å². The number of hydrogen-bond acceptors (Lipinski definition) is 2. The number of aromatic amines is 1. The summed E-state index contributed by atoms with van der Waals surface area (Å²) in [5, 5.41) is 1.16. The van der Waals surface area contributed by atoms with Crippen LogP contribution in [0.15, 0.2) is 22.8 Å². The van der Waals surface area contributed by atoms with Gasteiger partial charge in [-0.1, -0.05) is 12.1 Å². The lowest BCUT2D eigenvalue weighted by molar-refractivity contribution is -0.143. The minimum Gasteiger partial charge on any atom is -0.466 e. The second-order valence-electron chi connectivity index (χ2n) is 4.24. The molecule has 0 amide bonds. The standard InChI is InChI=1S/C14H16BrNO2/c1-3-18-12(17)7-5-10-8-16-14-11(10)6-4-9(2)13(14)15/h4,6,8,16H,3,5,7H2,1-2H3. The van der Waals surface area contributed by atoms with Gasteiger partial charge in [0.15, 0.2) is 0 Å². The fourth-order valence-corrected chi connectivity index (χ4v) is 2.46. The summed E-state index contributed by atoms with van der Waals surface area (Å²) in [6, 6.07) is 4.17. The highest BCUT2D eigenvalue weighted by Crippen LogP contribution is 2.29. The Labute approximate surface area is 115 Å². The fraction of sp³-hybridized carbons (Fsp3) is 0.357. The van der Waals surface area contributed by atoms with E-state index in [0.717, 1.165) is 20.9 Å². The van der Waals surface area contributed by atoms with E-state index >= 15 is 0 Å². The van der Waals surface area contributed by atoms with Crippen molar-refractivity contribution in [2.24, 2.45) is 0 Å². The lowest BCUT2D eigenvalue weighted by atomic mass is 10.1. The molecule has 1 N–H and O–H groups in total. The Bertz CT molecular complexity index is 574. The first-order chi connectivity index (χ1) is 8.63. The van der Waals surface area contributed by atoms with Gasteiger partial charge in [0.05, 0.1) is 12.1 Å². The maximum absolute atomic E-state index is 11.4. The van der Waals surface area contributed by atoms with Crippen molar-refractivity contribution in [1.29, 1.82) is 0 Å². The first-order valence-corrected chi connectivity index (χ1v) is 6.83. The summed E-state index contributed by atoms with van der Waals surface area (Å²) in [6.45, 7) is 4.32. The lowest BCUT2D eigenvalue weighted by Crippen LogP contribution is -2.04. The van der Waals surface area contributed by atoms with E-state index in [9.17, 15) is 4.79 Å². The Morgan fingerprint density at radius 1 is 1.44 bits per heavy atom. The summed E-state index contributed by atoms with van der Waals surface area (Å²) in [7, 11) is 0. The zero-order chi connectivity index (χ0) is 13.1. The number of ether oxygens (including phenoxy) is 1. The largest absolute Gasteiger partial charge is 0.466 e. The topological polar surface area (TPSA) is 42.1 Å². The van der Waals surface area contributed by atoms with Gasteiger partial charge in [-0.15, -0.1) is 0 Å². The highest BCUT2D eigenvalue weighted by molar-refractivity contribution is 9.10. The monoisotopic (exact) mass is 309 g/mol. The van der Waals surface area contributed by atoms with Crippen molar-refractivity contribution in [1.82, 2.24) is 4.98 Å². The summed E-state index contributed by atoms with van der Waals surface area (Å²) in [4.78, 5) is 14.6. The highest BCUT2D eigenvalue weighted by Gasteiger charge is 2.10. The van der Waals surface area contributed by atoms with Crippen LogP contribution in [-0.4, -0.2) is 17.6 Å². The molecule has 0 bridgehead atoms. The zero-order valence-corrected chi connectivity index (χ0v) is 12.1. The maximum atomic E-state index is 11.4. The molecule has 0 atom stereocenters. The number of esters is 1. The zero-order valence-electron chi connectivity index (χ0n) is 10.5. The van der Waals surface area contributed by atoms with E-state index < -0.39 is 0 Å². The van der Waals surface area contributed by atoms with Gasteiger partial charge < -0.3 is 9.72 Å². The van der Waals surface area contributed by atoms with Crippen LogP contribution in [0.4, 0.5) is 0 Å². The van der Waals surface area contributed by atoms with E-state index in [-0.39, 0.29) is 5.97 Å². The predicted octanol–water partition coefficient (Wildman–Crippen LogP) is 3.73. The number of aromatic nitrogens is 1. The van der Waals surface area contributed by atoms with Gasteiger partial charge in [0.25, 0.3) is 0 Å². The number of carbonyl (C=O) groups excluding carboxylic acids is 1. The van der Waals surface area contributed by atoms with Gasteiger partial charge in [0, 0.05) is 22.5 Å². The summed E-state index contributed by atoms with van der Waals surface area (Å²) in [5.41, 5.74) is 3.44. The van der Waals surface area contributed by atoms with Gasteiger partial charge in [-0.25, -0.2) is 0 Å². The lowest BCUT2D eigenvalue weighted by Gasteiger charge is -2.02. The van der Waals surface area contributed by atoms with Gasteiger partial charge in [-0.05, 0) is 47.3 Å². The summed E-state index contributed by atoms with van der Waals surface area (Å²) in [5.74, 6) is -0.141. The molecular weight excluding hydrogens is 294 g/mol. The molecular formula is C14H16BrNO2. The molecule has 2 aromatic rings. The van der Waals surface area contributed by atoms with Crippen molar-refractivity contribution in [2.75, 3.05) is 6.61 Å². The van der Waals surface area contributed by atoms with Gasteiger partial charge in [0.2, 0.25) is 0 Å². The normalized spacial score (nSPS) is 10.8. The minimum atomic E-state index is -0.141. The van der Waals surface area contributed by atoms with Crippen LogP contribution in [0.5, 0.6) is 0 Å². The number of halogens is 1. The molecule has 0 radical (unpaired) electrons. The van der Waals surface area contributed by atoms with E-state index in [1.54, 1.807) is 0 Å². The van der Waals surface area contributed by atoms with Gasteiger partial charge >= 0.3 is 5.97 Å². The van der Waals surface area contributed by atoms with Crippen LogP contribution < -0.4 is 0 Å². The molecule has 3 nitrogen and oxygen atoms in total. The smallest absolute Gasteiger partial charge is 0.306 e. The third kappa shape index (κ3) is 2.58. The van der Waals surface area contributed by atoms with Crippen LogP contribution in [0.1, 0.15) is 24.5 Å². The predicted molar refractivity (Wildman–Crippen MR) is 75.7 cm³/mol. The summed E-state index contributed by atoms with van der Waals surface area (Å²) >= 11 is 3.58. The molecule has 0 aliphatic carbocycles. The molecule has 2 rings (SSSR count). The van der Waals surface area contributed by atoms with E-state index in [4.69, 9.17) is 4.74 Å². The van der Waals surface area contributed by atoms with E-state index in [0.29, 0.717) is 19.4 Å². The molecule has 1 aromatic heterocycles. The van der Waals surface area contributed by atoms with Crippen molar-refractivity contribution in [3.63, 3.8) is 0 Å². The molecule has 96 valence electrons. The third-order valence-electron chi connectivity index (χ3n) is 2.98. The number of aryl methyl sites for hydroxylation is 2. The highest BCUT2D eigenvalue weighted by atomic mass is 79.9. The van der Waals surface area contributed by atoms with Crippen LogP contribution in [0.25, 0.3) is 10.9 Å². The Balaban J connectivity index is 2.20. The fourth-order valence-electron chi connectivity index (χ4n) is 2.00. The number of nitrogens with one attached hydrogen (secondary N) is 1. The van der Waals surface area contributed by atoms with Crippen molar-refractivity contribution in [2.45, 2.75) is 26.7 Å². The molecule has 0 aliphatic heterocycles. The van der Waals surface area contributed by atoms with Crippen LogP contribution >= 0.6 is 15.9 Å². The molecule has 1 heterocycles. The van der Waals surface area contributed by atoms with Gasteiger partial charge in [-0.3, -0.25) is 4.79 Å². The molecule has 1 aromatic carbocycles. The van der Waals surface area contributed by atoms with Crippen LogP contribution in [0, 0.1) is 6.92 Å². The number of hydrogen-bond donors (Lipinski definition) is 1. The molecule has 0 unspecified atom stereocenters. The quantitative estimate of drug-likeness (QED) is 0.874. The second-order valence-corrected chi connectivity index (χ2v) is 5.03.